The van der Waals surface area contributed by atoms with E-state index in [9.17, 15) is 14.9 Å². The van der Waals surface area contributed by atoms with E-state index in [1.807, 2.05) is 0 Å². The molecule has 3 rings (SSSR count). The van der Waals surface area contributed by atoms with Crippen LogP contribution in [0.4, 0.5) is 11.4 Å². The number of ether oxygens (including phenoxy) is 1. The summed E-state index contributed by atoms with van der Waals surface area (Å²) in [5.41, 5.74) is 1.02. The number of nitrogens with zero attached hydrogens (tertiary/aromatic N) is 3. The summed E-state index contributed by atoms with van der Waals surface area (Å²) in [6, 6.07) is 4.89. The number of hydrogen-bond donors (Lipinski definition) is 0. The zero-order valence-electron chi connectivity index (χ0n) is 14.6. The summed E-state index contributed by atoms with van der Waals surface area (Å²) in [6.07, 6.45) is 3.22. The second-order valence-electron chi connectivity index (χ2n) is 6.89. The first-order chi connectivity index (χ1) is 12.1. The first-order valence-corrected chi connectivity index (χ1v) is 8.96. The lowest BCUT2D eigenvalue weighted by molar-refractivity contribution is -0.384. The quantitative estimate of drug-likeness (QED) is 0.621. The summed E-state index contributed by atoms with van der Waals surface area (Å²) in [5, 5.41) is 11.6. The number of rotatable bonds is 3. The van der Waals surface area contributed by atoms with E-state index in [4.69, 9.17) is 4.74 Å². The predicted octanol–water partition coefficient (Wildman–Crippen LogP) is 2.69. The van der Waals surface area contributed by atoms with E-state index >= 15 is 0 Å². The summed E-state index contributed by atoms with van der Waals surface area (Å²) in [6.45, 7) is 5.94. The monoisotopic (exact) mass is 347 g/mol. The normalized spacial score (nSPS) is 21.7. The van der Waals surface area contributed by atoms with Gasteiger partial charge in [-0.25, -0.2) is 0 Å². The van der Waals surface area contributed by atoms with Gasteiger partial charge >= 0.3 is 0 Å². The molecule has 0 bridgehead atoms. The van der Waals surface area contributed by atoms with Crippen LogP contribution in [0.2, 0.25) is 0 Å². The lowest BCUT2D eigenvalue weighted by Gasteiger charge is -2.27. The van der Waals surface area contributed by atoms with Crippen LogP contribution in [-0.4, -0.2) is 55.1 Å². The topological polar surface area (TPSA) is 75.9 Å². The van der Waals surface area contributed by atoms with Crippen LogP contribution in [0, 0.1) is 16.0 Å². The lowest BCUT2D eigenvalue weighted by atomic mass is 10.0. The average Bonchev–Trinajstić information content (AvgIpc) is 2.86. The fourth-order valence-corrected chi connectivity index (χ4v) is 3.52. The minimum Gasteiger partial charge on any atom is -0.378 e. The molecule has 2 fully saturated rings. The van der Waals surface area contributed by atoms with Gasteiger partial charge in [-0.3, -0.25) is 14.9 Å². The molecule has 0 aliphatic carbocycles. The van der Waals surface area contributed by atoms with Crippen LogP contribution in [-0.2, 0) is 4.74 Å². The van der Waals surface area contributed by atoms with Gasteiger partial charge in [0.25, 0.3) is 11.6 Å². The van der Waals surface area contributed by atoms with Crippen LogP contribution in [0.1, 0.15) is 36.5 Å². The highest BCUT2D eigenvalue weighted by Gasteiger charge is 2.26. The summed E-state index contributed by atoms with van der Waals surface area (Å²) < 4.78 is 5.26. The van der Waals surface area contributed by atoms with Gasteiger partial charge in [-0.05, 0) is 37.3 Å². The molecule has 25 heavy (non-hydrogen) atoms. The Hall–Kier alpha value is -2.15. The molecular weight excluding hydrogens is 322 g/mol. The van der Waals surface area contributed by atoms with E-state index < -0.39 is 0 Å². The van der Waals surface area contributed by atoms with Crippen LogP contribution in [0.5, 0.6) is 0 Å². The van der Waals surface area contributed by atoms with Crippen molar-refractivity contribution in [2.75, 3.05) is 44.3 Å². The van der Waals surface area contributed by atoms with Crippen LogP contribution in [0.3, 0.4) is 0 Å². The molecule has 1 aromatic rings. The highest BCUT2D eigenvalue weighted by Crippen LogP contribution is 2.32. The molecule has 0 radical (unpaired) electrons. The third-order valence-electron chi connectivity index (χ3n) is 5.07. The Morgan fingerprint density at radius 1 is 1.20 bits per heavy atom. The number of hydrogen-bond acceptors (Lipinski definition) is 5. The highest BCUT2D eigenvalue weighted by molar-refractivity contribution is 5.95. The van der Waals surface area contributed by atoms with E-state index in [-0.39, 0.29) is 16.5 Å². The van der Waals surface area contributed by atoms with Crippen molar-refractivity contribution in [3.63, 3.8) is 0 Å². The number of nitro groups is 1. The van der Waals surface area contributed by atoms with Gasteiger partial charge in [-0.2, -0.15) is 0 Å². The van der Waals surface area contributed by atoms with Crippen molar-refractivity contribution in [3.05, 3.63) is 33.9 Å². The van der Waals surface area contributed by atoms with Crippen molar-refractivity contribution in [2.24, 2.45) is 5.92 Å². The maximum atomic E-state index is 12.6. The Morgan fingerprint density at radius 3 is 2.68 bits per heavy atom. The molecule has 0 aromatic heterocycles. The summed E-state index contributed by atoms with van der Waals surface area (Å²) in [5.74, 6) is 0.480. The van der Waals surface area contributed by atoms with E-state index in [0.29, 0.717) is 43.5 Å². The third kappa shape index (κ3) is 4.10. The summed E-state index contributed by atoms with van der Waals surface area (Å²) in [4.78, 5) is 27.6. The molecule has 2 saturated heterocycles. The molecule has 7 heteroatoms. The summed E-state index contributed by atoms with van der Waals surface area (Å²) in [7, 11) is 0. The third-order valence-corrected chi connectivity index (χ3v) is 5.07. The molecule has 2 heterocycles. The van der Waals surface area contributed by atoms with Crippen LogP contribution >= 0.6 is 0 Å². The largest absolute Gasteiger partial charge is 0.378 e. The van der Waals surface area contributed by atoms with Crippen molar-refractivity contribution in [1.29, 1.82) is 0 Å². The fraction of sp³-hybridized carbons (Fsp3) is 0.611. The maximum absolute atomic E-state index is 12.6. The Bertz CT molecular complexity index is 643. The lowest BCUT2D eigenvalue weighted by Crippen LogP contribution is -2.40. The molecule has 0 N–H and O–H groups in total. The molecule has 7 nitrogen and oxygen atoms in total. The second kappa shape index (κ2) is 7.82. The zero-order valence-corrected chi connectivity index (χ0v) is 14.6. The first-order valence-electron chi connectivity index (χ1n) is 8.96. The van der Waals surface area contributed by atoms with E-state index in [0.717, 1.165) is 32.4 Å². The molecule has 2 aliphatic rings. The van der Waals surface area contributed by atoms with Gasteiger partial charge in [-0.1, -0.05) is 6.92 Å². The fourth-order valence-electron chi connectivity index (χ4n) is 3.52. The molecule has 1 amide bonds. The number of amides is 1. The van der Waals surface area contributed by atoms with Crippen molar-refractivity contribution < 1.29 is 14.5 Å². The number of morpholine rings is 1. The maximum Gasteiger partial charge on any atom is 0.293 e. The van der Waals surface area contributed by atoms with Crippen LogP contribution in [0.25, 0.3) is 0 Å². The van der Waals surface area contributed by atoms with E-state index in [2.05, 4.69) is 11.8 Å². The van der Waals surface area contributed by atoms with Crippen LogP contribution in [0.15, 0.2) is 18.2 Å². The summed E-state index contributed by atoms with van der Waals surface area (Å²) >= 11 is 0. The Balaban J connectivity index is 1.85. The number of nitro benzene ring substituents is 1. The molecule has 1 atom stereocenters. The number of carbonyl (C=O) groups is 1. The molecule has 0 spiro atoms. The molecule has 2 aliphatic heterocycles. The predicted molar refractivity (Wildman–Crippen MR) is 95.0 cm³/mol. The standard InChI is InChI=1S/C18H25N3O4/c1-14-3-2-7-19(8-6-14)16-5-4-15(13-17(16)21(23)24)18(22)20-9-11-25-12-10-20/h4-5,13-14H,2-3,6-12H2,1H3. The molecule has 1 unspecified atom stereocenters. The van der Waals surface area contributed by atoms with Gasteiger partial charge in [0.1, 0.15) is 5.69 Å². The number of benzene rings is 1. The van der Waals surface area contributed by atoms with Gasteiger partial charge in [0, 0.05) is 37.8 Å². The van der Waals surface area contributed by atoms with Crippen molar-refractivity contribution in [1.82, 2.24) is 4.90 Å². The molecular formula is C18H25N3O4. The zero-order chi connectivity index (χ0) is 17.8. The SMILES string of the molecule is CC1CCCN(c2ccc(C(=O)N3CCOCC3)cc2[N+](=O)[O-])CC1. The Morgan fingerprint density at radius 2 is 1.96 bits per heavy atom. The van der Waals surface area contributed by atoms with Crippen molar-refractivity contribution in [2.45, 2.75) is 26.2 Å². The average molecular weight is 347 g/mol. The first kappa shape index (κ1) is 17.7. The molecule has 136 valence electrons. The van der Waals surface area contributed by atoms with E-state index in [1.165, 1.54) is 6.07 Å². The smallest absolute Gasteiger partial charge is 0.293 e. The number of anilines is 1. The van der Waals surface area contributed by atoms with Crippen LogP contribution < -0.4 is 4.90 Å². The van der Waals surface area contributed by atoms with Crippen molar-refractivity contribution in [3.8, 4) is 0 Å². The minimum absolute atomic E-state index is 0.0219. The molecule has 0 saturated carbocycles. The van der Waals surface area contributed by atoms with Gasteiger partial charge < -0.3 is 14.5 Å². The highest BCUT2D eigenvalue weighted by atomic mass is 16.6. The molecule has 1 aromatic carbocycles. The van der Waals surface area contributed by atoms with Crippen molar-refractivity contribution >= 4 is 17.3 Å². The van der Waals surface area contributed by atoms with Gasteiger partial charge in [0.15, 0.2) is 0 Å². The Kier molecular flexibility index (Phi) is 5.53. The Labute approximate surface area is 147 Å². The van der Waals surface area contributed by atoms with Gasteiger partial charge in [0.05, 0.1) is 18.1 Å². The minimum atomic E-state index is -0.375. The second-order valence-corrected chi connectivity index (χ2v) is 6.89. The van der Waals surface area contributed by atoms with Gasteiger partial charge in [-0.15, -0.1) is 0 Å². The number of carbonyl (C=O) groups excluding carboxylic acids is 1. The van der Waals surface area contributed by atoms with E-state index in [1.54, 1.807) is 17.0 Å². The van der Waals surface area contributed by atoms with Gasteiger partial charge in [0.2, 0.25) is 0 Å².